The molecule has 1 aromatic rings. The molecule has 0 fully saturated rings. The Labute approximate surface area is 103 Å². The van der Waals surface area contributed by atoms with Crippen LogP contribution in [0, 0.1) is 0 Å². The maximum absolute atomic E-state index is 8.64. The Morgan fingerprint density at radius 1 is 1.41 bits per heavy atom. The highest BCUT2D eigenvalue weighted by atomic mass is 16.4. The van der Waals surface area contributed by atoms with Crippen molar-refractivity contribution in [2.45, 2.75) is 32.2 Å². The third kappa shape index (κ3) is 4.07. The van der Waals surface area contributed by atoms with Gasteiger partial charge < -0.3 is 16.3 Å². The molecular formula is C13H21N3O. The molecule has 0 saturated carbocycles. The van der Waals surface area contributed by atoms with Gasteiger partial charge in [0.2, 0.25) is 0 Å². The first kappa shape index (κ1) is 13.5. The maximum Gasteiger partial charge on any atom is 0.156 e. The van der Waals surface area contributed by atoms with E-state index in [2.05, 4.69) is 29.5 Å². The van der Waals surface area contributed by atoms with Gasteiger partial charge in [0.1, 0.15) is 0 Å². The monoisotopic (exact) mass is 235 g/mol. The Balaban J connectivity index is 2.50. The van der Waals surface area contributed by atoms with Crippen molar-refractivity contribution >= 4 is 5.84 Å². The number of nitrogens with two attached hydrogens (primary N) is 1. The van der Waals surface area contributed by atoms with E-state index in [1.54, 1.807) is 0 Å². The zero-order valence-electron chi connectivity index (χ0n) is 10.4. The fourth-order valence-electron chi connectivity index (χ4n) is 1.75. The first-order valence-electron chi connectivity index (χ1n) is 5.94. The largest absolute Gasteiger partial charge is 0.409 e. The second kappa shape index (κ2) is 6.91. The number of nitrogens with one attached hydrogen (secondary N) is 1. The van der Waals surface area contributed by atoms with E-state index < -0.39 is 0 Å². The molecule has 0 heterocycles. The SMILES string of the molecule is CCC(NCC(C)c1ccccc1)/C(N)=N/O. The fraction of sp³-hybridized carbons (Fsp3) is 0.462. The summed E-state index contributed by atoms with van der Waals surface area (Å²) in [5.74, 6) is 0.643. The van der Waals surface area contributed by atoms with E-state index in [9.17, 15) is 0 Å². The molecule has 4 N–H and O–H groups in total. The van der Waals surface area contributed by atoms with Gasteiger partial charge in [0, 0.05) is 6.54 Å². The highest BCUT2D eigenvalue weighted by molar-refractivity contribution is 5.85. The number of amidine groups is 1. The number of hydrogen-bond acceptors (Lipinski definition) is 3. The molecule has 0 bridgehead atoms. The average Bonchev–Trinajstić information content (AvgIpc) is 2.39. The van der Waals surface area contributed by atoms with Crippen molar-refractivity contribution in [1.82, 2.24) is 5.32 Å². The summed E-state index contributed by atoms with van der Waals surface area (Å²) in [5.41, 5.74) is 6.88. The Kier molecular flexibility index (Phi) is 5.49. The molecule has 2 atom stereocenters. The number of nitrogens with zero attached hydrogens (tertiary/aromatic N) is 1. The summed E-state index contributed by atoms with van der Waals surface area (Å²) < 4.78 is 0. The summed E-state index contributed by atoms with van der Waals surface area (Å²) in [6.07, 6.45) is 0.803. The summed E-state index contributed by atoms with van der Waals surface area (Å²) in [6, 6.07) is 10.2. The van der Waals surface area contributed by atoms with Crippen LogP contribution in [-0.2, 0) is 0 Å². The van der Waals surface area contributed by atoms with Crippen LogP contribution in [0.1, 0.15) is 31.7 Å². The second-order valence-electron chi connectivity index (χ2n) is 4.21. The van der Waals surface area contributed by atoms with Crippen molar-refractivity contribution in [1.29, 1.82) is 0 Å². The van der Waals surface area contributed by atoms with Crippen molar-refractivity contribution in [2.24, 2.45) is 10.9 Å². The van der Waals surface area contributed by atoms with Crippen molar-refractivity contribution in [2.75, 3.05) is 6.54 Å². The van der Waals surface area contributed by atoms with Crippen molar-refractivity contribution < 1.29 is 5.21 Å². The Bertz CT molecular complexity index is 351. The van der Waals surface area contributed by atoms with Gasteiger partial charge in [-0.25, -0.2) is 0 Å². The minimum Gasteiger partial charge on any atom is -0.409 e. The number of hydrogen-bond donors (Lipinski definition) is 3. The fourth-order valence-corrected chi connectivity index (χ4v) is 1.75. The molecule has 0 spiro atoms. The van der Waals surface area contributed by atoms with E-state index >= 15 is 0 Å². The summed E-state index contributed by atoms with van der Waals surface area (Å²) in [6.45, 7) is 4.96. The van der Waals surface area contributed by atoms with E-state index in [4.69, 9.17) is 10.9 Å². The van der Waals surface area contributed by atoms with E-state index in [1.807, 2.05) is 25.1 Å². The van der Waals surface area contributed by atoms with Crippen molar-refractivity contribution in [3.8, 4) is 0 Å². The lowest BCUT2D eigenvalue weighted by Gasteiger charge is -2.19. The summed E-state index contributed by atoms with van der Waals surface area (Å²) in [5, 5.41) is 15.0. The van der Waals surface area contributed by atoms with Gasteiger partial charge in [0.05, 0.1) is 6.04 Å². The molecule has 0 aliphatic heterocycles. The van der Waals surface area contributed by atoms with Crippen LogP contribution in [0.5, 0.6) is 0 Å². The van der Waals surface area contributed by atoms with Crippen LogP contribution < -0.4 is 11.1 Å². The second-order valence-corrected chi connectivity index (χ2v) is 4.21. The Morgan fingerprint density at radius 3 is 2.59 bits per heavy atom. The van der Waals surface area contributed by atoms with Gasteiger partial charge in [-0.15, -0.1) is 0 Å². The van der Waals surface area contributed by atoms with E-state index in [1.165, 1.54) is 5.56 Å². The smallest absolute Gasteiger partial charge is 0.156 e. The van der Waals surface area contributed by atoms with Crippen LogP contribution in [0.15, 0.2) is 35.5 Å². The molecule has 2 unspecified atom stereocenters. The molecule has 0 aromatic heterocycles. The first-order valence-corrected chi connectivity index (χ1v) is 5.94. The average molecular weight is 235 g/mol. The number of rotatable bonds is 6. The highest BCUT2D eigenvalue weighted by Gasteiger charge is 2.13. The third-order valence-electron chi connectivity index (χ3n) is 2.92. The maximum atomic E-state index is 8.64. The standard InChI is InChI=1S/C13H21N3O/c1-3-12(13(14)16-17)15-9-10(2)11-7-5-4-6-8-11/h4-8,10,12,15,17H,3,9H2,1-2H3,(H2,14,16). The van der Waals surface area contributed by atoms with Crippen LogP contribution in [0.2, 0.25) is 0 Å². The Morgan fingerprint density at radius 2 is 2.06 bits per heavy atom. The van der Waals surface area contributed by atoms with Gasteiger partial charge >= 0.3 is 0 Å². The molecule has 0 aliphatic rings. The predicted octanol–water partition coefficient (Wildman–Crippen LogP) is 1.90. The van der Waals surface area contributed by atoms with Crippen LogP contribution in [0.4, 0.5) is 0 Å². The molecule has 1 rings (SSSR count). The molecule has 4 nitrogen and oxygen atoms in total. The summed E-state index contributed by atoms with van der Waals surface area (Å²) in [4.78, 5) is 0. The molecular weight excluding hydrogens is 214 g/mol. The minimum atomic E-state index is -0.0637. The third-order valence-corrected chi connectivity index (χ3v) is 2.92. The zero-order valence-corrected chi connectivity index (χ0v) is 10.4. The molecule has 94 valence electrons. The van der Waals surface area contributed by atoms with Crippen molar-refractivity contribution in [3.63, 3.8) is 0 Å². The first-order chi connectivity index (χ1) is 8.19. The lowest BCUT2D eigenvalue weighted by Crippen LogP contribution is -2.42. The lowest BCUT2D eigenvalue weighted by molar-refractivity contribution is 0.314. The summed E-state index contributed by atoms with van der Waals surface area (Å²) in [7, 11) is 0. The van der Waals surface area contributed by atoms with Crippen molar-refractivity contribution in [3.05, 3.63) is 35.9 Å². The Hall–Kier alpha value is -1.55. The van der Waals surface area contributed by atoms with Gasteiger partial charge in [-0.3, -0.25) is 0 Å². The minimum absolute atomic E-state index is 0.0637. The normalized spacial score (nSPS) is 15.5. The van der Waals surface area contributed by atoms with Crippen LogP contribution in [-0.4, -0.2) is 23.6 Å². The topological polar surface area (TPSA) is 70.6 Å². The van der Waals surface area contributed by atoms with Crippen LogP contribution in [0.25, 0.3) is 0 Å². The molecule has 1 aromatic carbocycles. The van der Waals surface area contributed by atoms with Gasteiger partial charge in [0.25, 0.3) is 0 Å². The molecule has 0 aliphatic carbocycles. The molecule has 0 saturated heterocycles. The number of oxime groups is 1. The van der Waals surface area contributed by atoms with Crippen LogP contribution in [0.3, 0.4) is 0 Å². The zero-order chi connectivity index (χ0) is 12.7. The van der Waals surface area contributed by atoms with Gasteiger partial charge in [-0.2, -0.15) is 0 Å². The van der Waals surface area contributed by atoms with Gasteiger partial charge in [-0.05, 0) is 17.9 Å². The lowest BCUT2D eigenvalue weighted by atomic mass is 10.0. The molecule has 0 radical (unpaired) electrons. The quantitative estimate of drug-likeness (QED) is 0.305. The van der Waals surface area contributed by atoms with Gasteiger partial charge in [0.15, 0.2) is 5.84 Å². The van der Waals surface area contributed by atoms with Crippen LogP contribution >= 0.6 is 0 Å². The molecule has 17 heavy (non-hydrogen) atoms. The van der Waals surface area contributed by atoms with E-state index in [0.717, 1.165) is 13.0 Å². The molecule has 4 heteroatoms. The van der Waals surface area contributed by atoms with E-state index in [-0.39, 0.29) is 11.9 Å². The van der Waals surface area contributed by atoms with E-state index in [0.29, 0.717) is 5.92 Å². The number of benzene rings is 1. The summed E-state index contributed by atoms with van der Waals surface area (Å²) >= 11 is 0. The highest BCUT2D eigenvalue weighted by Crippen LogP contribution is 2.13. The van der Waals surface area contributed by atoms with Gasteiger partial charge in [-0.1, -0.05) is 49.3 Å². The molecule has 0 amide bonds. The predicted molar refractivity (Wildman–Crippen MR) is 70.3 cm³/mol.